The molecule has 0 aliphatic heterocycles. The number of anilines is 3. The van der Waals surface area contributed by atoms with Crippen LogP contribution in [0.25, 0.3) is 0 Å². The number of hydrogen-bond acceptors (Lipinski definition) is 8. The molecule has 3 aromatic rings. The SMILES string of the molecule is O=C(CCl)Nc1c(S(=O)(=O)O)cc(Nc2ccc(S(=O)(=O)O)cc2)c2c1C(=O)c1ccccc1C2=O. The zero-order valence-electron chi connectivity index (χ0n) is 17.8. The third kappa shape index (κ3) is 4.62. The van der Waals surface area contributed by atoms with Crippen LogP contribution in [-0.2, 0) is 25.0 Å². The number of rotatable bonds is 6. The molecule has 0 radical (unpaired) electrons. The van der Waals surface area contributed by atoms with Gasteiger partial charge in [0.05, 0.1) is 27.4 Å². The zero-order valence-corrected chi connectivity index (χ0v) is 20.2. The lowest BCUT2D eigenvalue weighted by atomic mass is 9.82. The molecule has 36 heavy (non-hydrogen) atoms. The summed E-state index contributed by atoms with van der Waals surface area (Å²) in [4.78, 5) is 37.7. The summed E-state index contributed by atoms with van der Waals surface area (Å²) in [6.07, 6.45) is 0. The summed E-state index contributed by atoms with van der Waals surface area (Å²) in [6.45, 7) is 0. The maximum atomic E-state index is 13.5. The van der Waals surface area contributed by atoms with E-state index in [1.807, 2.05) is 0 Å². The number of alkyl halides is 1. The van der Waals surface area contributed by atoms with Gasteiger partial charge in [0.2, 0.25) is 5.91 Å². The monoisotopic (exact) mass is 550 g/mol. The minimum Gasteiger partial charge on any atom is -0.355 e. The number of carbonyl (C=O) groups is 3. The van der Waals surface area contributed by atoms with Gasteiger partial charge in [0.15, 0.2) is 11.6 Å². The summed E-state index contributed by atoms with van der Waals surface area (Å²) < 4.78 is 66.2. The van der Waals surface area contributed by atoms with Gasteiger partial charge in [-0.3, -0.25) is 23.5 Å². The summed E-state index contributed by atoms with van der Waals surface area (Å²) in [7, 11) is -9.55. The van der Waals surface area contributed by atoms with Crippen LogP contribution < -0.4 is 10.6 Å². The molecule has 0 fully saturated rings. The van der Waals surface area contributed by atoms with Gasteiger partial charge >= 0.3 is 0 Å². The van der Waals surface area contributed by atoms with Crippen LogP contribution in [0, 0.1) is 0 Å². The minimum absolute atomic E-state index is 0.0222. The van der Waals surface area contributed by atoms with Crippen molar-refractivity contribution in [3.05, 3.63) is 76.9 Å². The first-order valence-electron chi connectivity index (χ1n) is 9.90. The fraction of sp³-hybridized carbons (Fsp3) is 0.0455. The Morgan fingerprint density at radius 2 is 1.39 bits per heavy atom. The molecule has 1 aliphatic rings. The van der Waals surface area contributed by atoms with Crippen molar-refractivity contribution in [3.8, 4) is 0 Å². The molecular weight excluding hydrogens is 536 g/mol. The van der Waals surface area contributed by atoms with Crippen LogP contribution in [0.2, 0.25) is 0 Å². The lowest BCUT2D eigenvalue weighted by molar-refractivity contribution is -0.113. The number of benzene rings is 3. The molecule has 186 valence electrons. The van der Waals surface area contributed by atoms with Crippen molar-refractivity contribution in [2.75, 3.05) is 16.5 Å². The Kier molecular flexibility index (Phi) is 6.45. The average Bonchev–Trinajstić information content (AvgIpc) is 2.82. The second-order valence-corrected chi connectivity index (χ2v) is 10.6. The molecule has 0 aromatic heterocycles. The number of ketones is 2. The first-order chi connectivity index (χ1) is 16.8. The lowest BCUT2D eigenvalue weighted by Crippen LogP contribution is -2.27. The number of amides is 1. The molecule has 0 unspecified atom stereocenters. The highest BCUT2D eigenvalue weighted by Crippen LogP contribution is 2.41. The van der Waals surface area contributed by atoms with Crippen molar-refractivity contribution in [1.29, 1.82) is 0 Å². The van der Waals surface area contributed by atoms with Gasteiger partial charge in [-0.05, 0) is 30.3 Å². The molecule has 11 nitrogen and oxygen atoms in total. The Labute approximate surface area is 209 Å². The van der Waals surface area contributed by atoms with E-state index >= 15 is 0 Å². The second kappa shape index (κ2) is 9.11. The van der Waals surface area contributed by atoms with E-state index in [4.69, 9.17) is 16.2 Å². The third-order valence-corrected chi connectivity index (χ3v) is 7.24. The van der Waals surface area contributed by atoms with E-state index in [1.54, 1.807) is 0 Å². The number of fused-ring (bicyclic) bond motifs is 2. The molecule has 1 aliphatic carbocycles. The van der Waals surface area contributed by atoms with Crippen molar-refractivity contribution in [2.45, 2.75) is 9.79 Å². The molecule has 0 bridgehead atoms. The molecule has 0 saturated carbocycles. The van der Waals surface area contributed by atoms with Crippen LogP contribution in [0.15, 0.2) is 64.4 Å². The highest BCUT2D eigenvalue weighted by Gasteiger charge is 2.37. The Bertz CT molecular complexity index is 1670. The van der Waals surface area contributed by atoms with Crippen molar-refractivity contribution < 1.29 is 40.3 Å². The molecule has 0 atom stereocenters. The second-order valence-electron chi connectivity index (χ2n) is 7.53. The molecule has 0 heterocycles. The lowest BCUT2D eigenvalue weighted by Gasteiger charge is -2.25. The molecule has 4 N–H and O–H groups in total. The molecule has 4 rings (SSSR count). The molecule has 0 saturated heterocycles. The normalized spacial score (nSPS) is 13.1. The number of hydrogen-bond donors (Lipinski definition) is 4. The van der Waals surface area contributed by atoms with Crippen LogP contribution in [0.5, 0.6) is 0 Å². The molecule has 0 spiro atoms. The van der Waals surface area contributed by atoms with Gasteiger partial charge in [0.1, 0.15) is 10.8 Å². The predicted octanol–water partition coefficient (Wildman–Crippen LogP) is 2.88. The van der Waals surface area contributed by atoms with Crippen molar-refractivity contribution in [3.63, 3.8) is 0 Å². The summed E-state index contributed by atoms with van der Waals surface area (Å²) in [6, 6.07) is 11.2. The Morgan fingerprint density at radius 3 is 1.89 bits per heavy atom. The van der Waals surface area contributed by atoms with Gasteiger partial charge in [-0.15, -0.1) is 11.6 Å². The van der Waals surface area contributed by atoms with E-state index < -0.39 is 64.6 Å². The minimum atomic E-state index is -5.05. The topological polar surface area (TPSA) is 184 Å². The summed E-state index contributed by atoms with van der Waals surface area (Å²) >= 11 is 5.53. The van der Waals surface area contributed by atoms with Crippen molar-refractivity contribution in [1.82, 2.24) is 0 Å². The van der Waals surface area contributed by atoms with Gasteiger partial charge in [-0.1, -0.05) is 24.3 Å². The van der Waals surface area contributed by atoms with Gasteiger partial charge < -0.3 is 10.6 Å². The van der Waals surface area contributed by atoms with E-state index in [1.165, 1.54) is 36.4 Å². The van der Waals surface area contributed by atoms with E-state index in [9.17, 15) is 35.8 Å². The van der Waals surface area contributed by atoms with Crippen molar-refractivity contribution >= 4 is 66.4 Å². The van der Waals surface area contributed by atoms with Crippen LogP contribution in [0.3, 0.4) is 0 Å². The Hall–Kier alpha value is -3.62. The molecule has 1 amide bonds. The average molecular weight is 551 g/mol. The number of carbonyl (C=O) groups excluding carboxylic acids is 3. The highest BCUT2D eigenvalue weighted by molar-refractivity contribution is 7.86. The summed E-state index contributed by atoms with van der Waals surface area (Å²) in [5.74, 6) is -2.98. The van der Waals surface area contributed by atoms with Crippen LogP contribution in [0.1, 0.15) is 31.8 Å². The van der Waals surface area contributed by atoms with Crippen LogP contribution in [0.4, 0.5) is 17.1 Å². The smallest absolute Gasteiger partial charge is 0.296 e. The predicted molar refractivity (Wildman–Crippen MR) is 128 cm³/mol. The number of halogens is 1. The van der Waals surface area contributed by atoms with Crippen LogP contribution >= 0.6 is 11.6 Å². The van der Waals surface area contributed by atoms with Gasteiger partial charge in [0.25, 0.3) is 20.2 Å². The molecular formula is C22H15ClN2O9S2. The van der Waals surface area contributed by atoms with Crippen LogP contribution in [-0.4, -0.2) is 49.3 Å². The van der Waals surface area contributed by atoms with E-state index in [2.05, 4.69) is 10.6 Å². The molecule has 14 heteroatoms. The van der Waals surface area contributed by atoms with Gasteiger partial charge in [-0.25, -0.2) is 0 Å². The molecule has 3 aromatic carbocycles. The standard InChI is InChI=1S/C22H15ClN2O9S2/c23-10-17(26)25-20-16(36(32,33)34)9-15(24-11-5-7-12(8-6-11)35(29,30)31)18-19(20)22(28)14-4-2-1-3-13(14)21(18)27/h1-9,24H,10H2,(H,25,26)(H,29,30,31)(H,32,33,34). The quantitative estimate of drug-likeness (QED) is 0.205. The van der Waals surface area contributed by atoms with Gasteiger partial charge in [0, 0.05) is 16.8 Å². The summed E-state index contributed by atoms with van der Waals surface area (Å²) in [5, 5.41) is 4.92. The third-order valence-electron chi connectivity index (χ3n) is 5.26. The zero-order chi connectivity index (χ0) is 26.4. The first kappa shape index (κ1) is 25.5. The van der Waals surface area contributed by atoms with Gasteiger partial charge in [-0.2, -0.15) is 16.8 Å². The van der Waals surface area contributed by atoms with Crippen molar-refractivity contribution in [2.24, 2.45) is 0 Å². The Morgan fingerprint density at radius 1 is 0.833 bits per heavy atom. The largest absolute Gasteiger partial charge is 0.355 e. The van der Waals surface area contributed by atoms with E-state index in [-0.39, 0.29) is 28.1 Å². The summed E-state index contributed by atoms with van der Waals surface area (Å²) in [5.41, 5.74) is -1.50. The Balaban J connectivity index is 2.01. The highest BCUT2D eigenvalue weighted by atomic mass is 35.5. The maximum absolute atomic E-state index is 13.5. The first-order valence-corrected chi connectivity index (χ1v) is 13.3. The van der Waals surface area contributed by atoms with E-state index in [0.717, 1.165) is 18.2 Å². The number of nitrogens with one attached hydrogen (secondary N) is 2. The van der Waals surface area contributed by atoms with E-state index in [0.29, 0.717) is 0 Å². The maximum Gasteiger partial charge on any atom is 0.296 e. The fourth-order valence-corrected chi connectivity index (χ4v) is 4.96. The fourth-order valence-electron chi connectivity index (χ4n) is 3.73.